The number of carbonyl (C=O) groups excluding carboxylic acids is 1. The Balaban J connectivity index is 1.42. The Kier molecular flexibility index (Phi) is 9.19. The molecule has 0 aromatic heterocycles. The van der Waals surface area contributed by atoms with Crippen molar-refractivity contribution in [2.75, 3.05) is 18.0 Å². The van der Waals surface area contributed by atoms with Crippen LogP contribution in [0.1, 0.15) is 22.3 Å². The first-order valence-corrected chi connectivity index (χ1v) is 14.0. The van der Waals surface area contributed by atoms with Gasteiger partial charge in [-0.15, -0.1) is 0 Å². The summed E-state index contributed by atoms with van der Waals surface area (Å²) in [5.41, 5.74) is 6.64. The number of carbonyl (C=O) groups is 1. The summed E-state index contributed by atoms with van der Waals surface area (Å²) in [5, 5.41) is 4.01. The summed E-state index contributed by atoms with van der Waals surface area (Å²) in [4.78, 5) is 12.9. The highest BCUT2D eigenvalue weighted by atomic mass is 32.2. The summed E-state index contributed by atoms with van der Waals surface area (Å²) < 4.78 is 39.1. The first-order chi connectivity index (χ1) is 19.2. The minimum Gasteiger partial charge on any atom is -0.497 e. The van der Waals surface area contributed by atoms with Crippen LogP contribution in [0.25, 0.3) is 0 Å². The Morgan fingerprint density at radius 2 is 1.52 bits per heavy atom. The fraction of sp³-hybridized carbons (Fsp3) is 0.161. The number of methoxy groups -OCH3 is 1. The smallest absolute Gasteiger partial charge is 0.264 e. The van der Waals surface area contributed by atoms with Crippen molar-refractivity contribution in [3.63, 3.8) is 0 Å². The van der Waals surface area contributed by atoms with E-state index in [-0.39, 0.29) is 4.90 Å². The predicted molar refractivity (Wildman–Crippen MR) is 156 cm³/mol. The number of hydrogen-bond donors (Lipinski definition) is 1. The fourth-order valence-corrected chi connectivity index (χ4v) is 5.18. The Labute approximate surface area is 234 Å². The van der Waals surface area contributed by atoms with Crippen LogP contribution in [0.15, 0.2) is 107 Å². The van der Waals surface area contributed by atoms with Gasteiger partial charge in [0.1, 0.15) is 24.7 Å². The van der Waals surface area contributed by atoms with Gasteiger partial charge in [0, 0.05) is 6.07 Å². The summed E-state index contributed by atoms with van der Waals surface area (Å²) in [6.45, 7) is 3.89. The second-order valence-corrected chi connectivity index (χ2v) is 11.0. The molecular weight excluding hydrogens is 526 g/mol. The van der Waals surface area contributed by atoms with Crippen molar-refractivity contribution >= 4 is 27.8 Å². The van der Waals surface area contributed by atoms with Gasteiger partial charge in [-0.3, -0.25) is 9.10 Å². The average Bonchev–Trinajstić information content (AvgIpc) is 2.96. The Bertz CT molecular complexity index is 1570. The number of nitrogens with zero attached hydrogens (tertiary/aromatic N) is 2. The first kappa shape index (κ1) is 28.4. The van der Waals surface area contributed by atoms with Crippen LogP contribution in [0.5, 0.6) is 11.5 Å². The molecule has 0 aliphatic rings. The van der Waals surface area contributed by atoms with Crippen molar-refractivity contribution in [1.29, 1.82) is 0 Å². The summed E-state index contributed by atoms with van der Waals surface area (Å²) >= 11 is 0. The van der Waals surface area contributed by atoms with Gasteiger partial charge in [-0.25, -0.2) is 13.8 Å². The third kappa shape index (κ3) is 7.48. The van der Waals surface area contributed by atoms with E-state index in [1.807, 2.05) is 62.4 Å². The highest BCUT2D eigenvalue weighted by Crippen LogP contribution is 2.27. The number of benzene rings is 4. The number of sulfonamides is 1. The van der Waals surface area contributed by atoms with Crippen LogP contribution in [-0.4, -0.2) is 34.2 Å². The van der Waals surface area contributed by atoms with E-state index in [0.717, 1.165) is 21.0 Å². The van der Waals surface area contributed by atoms with Gasteiger partial charge in [-0.05, 0) is 73.5 Å². The second kappa shape index (κ2) is 12.9. The van der Waals surface area contributed by atoms with E-state index < -0.39 is 22.5 Å². The minimum absolute atomic E-state index is 0.0712. The Morgan fingerprint density at radius 3 is 2.17 bits per heavy atom. The maximum atomic E-state index is 13.5. The van der Waals surface area contributed by atoms with Gasteiger partial charge in [0.25, 0.3) is 15.9 Å². The molecule has 0 atom stereocenters. The van der Waals surface area contributed by atoms with E-state index >= 15 is 0 Å². The molecule has 4 rings (SSSR count). The number of rotatable bonds is 11. The molecule has 0 fully saturated rings. The van der Waals surface area contributed by atoms with Crippen molar-refractivity contribution in [2.24, 2.45) is 5.10 Å². The summed E-state index contributed by atoms with van der Waals surface area (Å²) in [5.74, 6) is 0.566. The fourth-order valence-electron chi connectivity index (χ4n) is 3.76. The number of aryl methyl sites for hydroxylation is 2. The monoisotopic (exact) mass is 557 g/mol. The molecule has 4 aromatic carbocycles. The van der Waals surface area contributed by atoms with Gasteiger partial charge in [0.2, 0.25) is 0 Å². The third-order valence-electron chi connectivity index (χ3n) is 6.05. The lowest BCUT2D eigenvalue weighted by molar-refractivity contribution is -0.119. The zero-order chi connectivity index (χ0) is 28.5. The first-order valence-electron chi connectivity index (χ1n) is 12.6. The minimum atomic E-state index is -4.05. The largest absolute Gasteiger partial charge is 0.497 e. The molecule has 0 radical (unpaired) electrons. The van der Waals surface area contributed by atoms with E-state index in [9.17, 15) is 13.2 Å². The zero-order valence-electron chi connectivity index (χ0n) is 22.6. The molecule has 0 aliphatic carbocycles. The van der Waals surface area contributed by atoms with Crippen molar-refractivity contribution in [3.8, 4) is 11.5 Å². The number of ether oxygens (including phenoxy) is 2. The van der Waals surface area contributed by atoms with Gasteiger partial charge in [0.05, 0.1) is 23.9 Å². The van der Waals surface area contributed by atoms with Crippen LogP contribution in [0.4, 0.5) is 5.69 Å². The number of amides is 1. The lowest BCUT2D eigenvalue weighted by atomic mass is 10.2. The quantitative estimate of drug-likeness (QED) is 0.201. The molecule has 4 aromatic rings. The number of hydrazone groups is 1. The van der Waals surface area contributed by atoms with Gasteiger partial charge in [-0.2, -0.15) is 5.10 Å². The van der Waals surface area contributed by atoms with Gasteiger partial charge < -0.3 is 9.47 Å². The van der Waals surface area contributed by atoms with Gasteiger partial charge >= 0.3 is 0 Å². The van der Waals surface area contributed by atoms with Crippen molar-refractivity contribution in [2.45, 2.75) is 25.3 Å². The normalized spacial score (nSPS) is 11.3. The second-order valence-electron chi connectivity index (χ2n) is 9.16. The SMILES string of the molecule is COc1cccc(N(CC(=O)N/N=C\c2ccc(OCc3ccc(C)cc3)cc2)S(=O)(=O)c2ccc(C)cc2)c1. The molecule has 0 spiro atoms. The molecule has 0 bridgehead atoms. The molecular formula is C31H31N3O5S. The van der Waals surface area contributed by atoms with E-state index in [1.165, 1.54) is 31.0 Å². The Morgan fingerprint density at radius 1 is 0.875 bits per heavy atom. The Hall–Kier alpha value is -4.63. The lowest BCUT2D eigenvalue weighted by Crippen LogP contribution is -2.39. The van der Waals surface area contributed by atoms with Gasteiger partial charge in [-0.1, -0.05) is 53.6 Å². The predicted octanol–water partition coefficient (Wildman–Crippen LogP) is 5.24. The van der Waals surface area contributed by atoms with Crippen molar-refractivity contribution in [3.05, 3.63) is 119 Å². The molecule has 0 unspecified atom stereocenters. The standard InChI is InChI=1S/C31H31N3O5S/c1-23-7-11-26(12-8-23)22-39-28-15-13-25(14-16-28)20-32-33-31(35)21-34(27-5-4-6-29(19-27)38-3)40(36,37)30-17-9-24(2)10-18-30/h4-20H,21-22H2,1-3H3,(H,33,35)/b32-20-. The summed E-state index contributed by atoms with van der Waals surface area (Å²) in [7, 11) is -2.56. The van der Waals surface area contributed by atoms with Crippen LogP contribution in [0, 0.1) is 13.8 Å². The maximum absolute atomic E-state index is 13.5. The maximum Gasteiger partial charge on any atom is 0.264 e. The van der Waals surface area contributed by atoms with Crippen LogP contribution in [-0.2, 0) is 21.4 Å². The van der Waals surface area contributed by atoms with Crippen LogP contribution < -0.4 is 19.2 Å². The van der Waals surface area contributed by atoms with Crippen molar-refractivity contribution < 1.29 is 22.7 Å². The lowest BCUT2D eigenvalue weighted by Gasteiger charge is -2.24. The van der Waals surface area contributed by atoms with E-state index in [0.29, 0.717) is 23.8 Å². The third-order valence-corrected chi connectivity index (χ3v) is 7.83. The molecule has 1 N–H and O–H groups in total. The van der Waals surface area contributed by atoms with E-state index in [2.05, 4.69) is 10.5 Å². The molecule has 0 saturated heterocycles. The molecule has 1 amide bonds. The van der Waals surface area contributed by atoms with E-state index in [4.69, 9.17) is 9.47 Å². The molecule has 8 nitrogen and oxygen atoms in total. The summed E-state index contributed by atoms with van der Waals surface area (Å²) in [6, 6.07) is 28.4. The average molecular weight is 558 g/mol. The number of anilines is 1. The number of hydrogen-bond acceptors (Lipinski definition) is 6. The van der Waals surface area contributed by atoms with E-state index in [1.54, 1.807) is 36.4 Å². The van der Waals surface area contributed by atoms with Crippen LogP contribution in [0.3, 0.4) is 0 Å². The van der Waals surface area contributed by atoms with Crippen LogP contribution in [0.2, 0.25) is 0 Å². The zero-order valence-corrected chi connectivity index (χ0v) is 23.4. The topological polar surface area (TPSA) is 97.3 Å². The molecule has 9 heteroatoms. The molecule has 0 aliphatic heterocycles. The summed E-state index contributed by atoms with van der Waals surface area (Å²) in [6.07, 6.45) is 1.48. The van der Waals surface area contributed by atoms with Crippen molar-refractivity contribution in [1.82, 2.24) is 5.43 Å². The molecule has 0 saturated carbocycles. The highest BCUT2D eigenvalue weighted by molar-refractivity contribution is 7.92. The molecule has 206 valence electrons. The molecule has 0 heterocycles. The number of nitrogens with one attached hydrogen (secondary N) is 1. The van der Waals surface area contributed by atoms with Gasteiger partial charge in [0.15, 0.2) is 0 Å². The highest BCUT2D eigenvalue weighted by Gasteiger charge is 2.27. The molecule has 40 heavy (non-hydrogen) atoms. The van der Waals surface area contributed by atoms with Crippen LogP contribution >= 0.6 is 0 Å².